The van der Waals surface area contributed by atoms with Gasteiger partial charge in [0, 0.05) is 18.1 Å². The molecule has 0 bridgehead atoms. The Balaban J connectivity index is 1.94. The van der Waals surface area contributed by atoms with Gasteiger partial charge in [0.25, 0.3) is 0 Å². The van der Waals surface area contributed by atoms with Crippen molar-refractivity contribution in [2.75, 3.05) is 7.11 Å². The minimum absolute atomic E-state index is 0.0267. The van der Waals surface area contributed by atoms with Crippen LogP contribution in [-0.2, 0) is 0 Å². The Hall–Kier alpha value is -1.91. The van der Waals surface area contributed by atoms with Gasteiger partial charge in [0.2, 0.25) is 0 Å². The maximum Gasteiger partial charge on any atom is 0.134 e. The molecule has 0 spiro atoms. The molecule has 4 nitrogen and oxygen atoms in total. The molecule has 0 aliphatic carbocycles. The predicted octanol–water partition coefficient (Wildman–Crippen LogP) is 3.61. The Kier molecular flexibility index (Phi) is 3.66. The number of aliphatic hydroxyl groups is 1. The number of methoxy groups -OCH3 is 1. The van der Waals surface area contributed by atoms with Gasteiger partial charge in [-0.05, 0) is 29.8 Å². The topological polar surface area (TPSA) is 58.9 Å². The van der Waals surface area contributed by atoms with Crippen molar-refractivity contribution in [3.63, 3.8) is 0 Å². The summed E-state index contributed by atoms with van der Waals surface area (Å²) < 4.78 is 11.1. The SMILES string of the molecule is COc1ccc2c(c1)OC(c1ccc(O)c(Cl)c1)C[C@H]2O. The fraction of sp³-hybridized carbons (Fsp3) is 0.250. The lowest BCUT2D eigenvalue weighted by atomic mass is 9.95. The van der Waals surface area contributed by atoms with Crippen LogP contribution in [0.15, 0.2) is 36.4 Å². The number of phenolic OH excluding ortho intramolecular Hbond substituents is 1. The minimum atomic E-state index is -0.614. The third-order valence-corrected chi connectivity index (χ3v) is 3.93. The van der Waals surface area contributed by atoms with E-state index in [1.807, 2.05) is 0 Å². The van der Waals surface area contributed by atoms with E-state index in [4.69, 9.17) is 21.1 Å². The lowest BCUT2D eigenvalue weighted by Crippen LogP contribution is -2.19. The van der Waals surface area contributed by atoms with E-state index >= 15 is 0 Å². The van der Waals surface area contributed by atoms with Gasteiger partial charge in [-0.25, -0.2) is 0 Å². The lowest BCUT2D eigenvalue weighted by Gasteiger charge is -2.30. The molecule has 1 unspecified atom stereocenters. The van der Waals surface area contributed by atoms with Crippen molar-refractivity contribution in [1.82, 2.24) is 0 Å². The Morgan fingerprint density at radius 3 is 2.76 bits per heavy atom. The first-order valence-corrected chi connectivity index (χ1v) is 6.97. The summed E-state index contributed by atoms with van der Waals surface area (Å²) in [5, 5.41) is 20.0. The predicted molar refractivity (Wildman–Crippen MR) is 79.1 cm³/mol. The average Bonchev–Trinajstić information content (AvgIpc) is 2.49. The number of rotatable bonds is 2. The van der Waals surface area contributed by atoms with Crippen LogP contribution in [0, 0.1) is 0 Å². The molecule has 21 heavy (non-hydrogen) atoms. The lowest BCUT2D eigenvalue weighted by molar-refractivity contribution is 0.0655. The Labute approximate surface area is 127 Å². The van der Waals surface area contributed by atoms with E-state index in [-0.39, 0.29) is 16.9 Å². The van der Waals surface area contributed by atoms with Crippen molar-refractivity contribution >= 4 is 11.6 Å². The summed E-state index contributed by atoms with van der Waals surface area (Å²) in [7, 11) is 1.58. The van der Waals surface area contributed by atoms with E-state index in [0.717, 1.165) is 11.1 Å². The summed E-state index contributed by atoms with van der Waals surface area (Å²) >= 11 is 5.93. The van der Waals surface area contributed by atoms with Crippen LogP contribution in [0.25, 0.3) is 0 Å². The number of hydrogen-bond donors (Lipinski definition) is 2. The van der Waals surface area contributed by atoms with Gasteiger partial charge in [-0.2, -0.15) is 0 Å². The summed E-state index contributed by atoms with van der Waals surface area (Å²) in [6.45, 7) is 0. The van der Waals surface area contributed by atoms with Crippen LogP contribution < -0.4 is 9.47 Å². The van der Waals surface area contributed by atoms with Crippen molar-refractivity contribution in [2.24, 2.45) is 0 Å². The smallest absolute Gasteiger partial charge is 0.134 e. The van der Waals surface area contributed by atoms with Crippen molar-refractivity contribution in [2.45, 2.75) is 18.6 Å². The molecule has 110 valence electrons. The molecule has 1 aliphatic heterocycles. The highest BCUT2D eigenvalue weighted by molar-refractivity contribution is 6.32. The van der Waals surface area contributed by atoms with Crippen molar-refractivity contribution in [3.05, 3.63) is 52.5 Å². The van der Waals surface area contributed by atoms with Crippen LogP contribution in [0.3, 0.4) is 0 Å². The third-order valence-electron chi connectivity index (χ3n) is 3.63. The molecule has 2 aromatic carbocycles. The summed E-state index contributed by atoms with van der Waals surface area (Å²) in [6, 6.07) is 10.3. The third kappa shape index (κ3) is 2.64. The van der Waals surface area contributed by atoms with E-state index < -0.39 is 6.10 Å². The second-order valence-corrected chi connectivity index (χ2v) is 5.38. The fourth-order valence-corrected chi connectivity index (χ4v) is 2.67. The molecule has 0 saturated carbocycles. The molecule has 2 aromatic rings. The Morgan fingerprint density at radius 2 is 2.05 bits per heavy atom. The summed E-state index contributed by atoms with van der Waals surface area (Å²) in [5.41, 5.74) is 1.56. The number of fused-ring (bicyclic) bond motifs is 1. The number of aromatic hydroxyl groups is 1. The van der Waals surface area contributed by atoms with Crippen LogP contribution in [0.4, 0.5) is 0 Å². The molecule has 3 rings (SSSR count). The van der Waals surface area contributed by atoms with Gasteiger partial charge in [-0.3, -0.25) is 0 Å². The van der Waals surface area contributed by atoms with E-state index in [1.165, 1.54) is 6.07 Å². The normalized spacial score (nSPS) is 20.5. The van der Waals surface area contributed by atoms with Gasteiger partial charge in [-0.1, -0.05) is 17.7 Å². The van der Waals surface area contributed by atoms with E-state index in [0.29, 0.717) is 17.9 Å². The molecular formula is C16H15ClO4. The molecule has 0 fully saturated rings. The fourth-order valence-electron chi connectivity index (χ4n) is 2.48. The zero-order chi connectivity index (χ0) is 15.0. The van der Waals surface area contributed by atoms with Crippen LogP contribution in [0.1, 0.15) is 29.8 Å². The first-order chi connectivity index (χ1) is 10.1. The second-order valence-electron chi connectivity index (χ2n) is 4.97. The molecule has 0 saturated heterocycles. The number of ether oxygens (including phenoxy) is 2. The first-order valence-electron chi connectivity index (χ1n) is 6.59. The number of phenols is 1. The summed E-state index contributed by atoms with van der Waals surface area (Å²) in [4.78, 5) is 0. The van der Waals surface area contributed by atoms with Crippen LogP contribution >= 0.6 is 11.6 Å². The summed E-state index contributed by atoms with van der Waals surface area (Å²) in [5.74, 6) is 1.30. The first kappa shape index (κ1) is 14.0. The zero-order valence-electron chi connectivity index (χ0n) is 11.4. The minimum Gasteiger partial charge on any atom is -0.506 e. The molecule has 1 aliphatic rings. The standard InChI is InChI=1S/C16H15ClO4/c1-20-10-3-4-11-14(19)8-15(21-16(11)7-10)9-2-5-13(18)12(17)6-9/h2-7,14-15,18-19H,8H2,1H3/t14-,15?/m1/s1. The van der Waals surface area contributed by atoms with Gasteiger partial charge < -0.3 is 19.7 Å². The highest BCUT2D eigenvalue weighted by Crippen LogP contribution is 2.43. The van der Waals surface area contributed by atoms with Gasteiger partial charge >= 0.3 is 0 Å². The van der Waals surface area contributed by atoms with E-state index in [9.17, 15) is 10.2 Å². The number of halogens is 1. The quantitative estimate of drug-likeness (QED) is 0.890. The van der Waals surface area contributed by atoms with Crippen LogP contribution in [-0.4, -0.2) is 17.3 Å². The Bertz CT molecular complexity index is 671. The molecule has 1 heterocycles. The number of benzene rings is 2. The molecule has 0 radical (unpaired) electrons. The molecule has 0 amide bonds. The van der Waals surface area contributed by atoms with E-state index in [2.05, 4.69) is 0 Å². The van der Waals surface area contributed by atoms with Gasteiger partial charge in [0.15, 0.2) is 0 Å². The maximum absolute atomic E-state index is 10.3. The second kappa shape index (κ2) is 5.47. The molecular weight excluding hydrogens is 292 g/mol. The monoisotopic (exact) mass is 306 g/mol. The van der Waals surface area contributed by atoms with Crippen molar-refractivity contribution < 1.29 is 19.7 Å². The highest BCUT2D eigenvalue weighted by atomic mass is 35.5. The molecule has 2 atom stereocenters. The Morgan fingerprint density at radius 1 is 1.24 bits per heavy atom. The molecule has 0 aromatic heterocycles. The highest BCUT2D eigenvalue weighted by Gasteiger charge is 2.28. The van der Waals surface area contributed by atoms with E-state index in [1.54, 1.807) is 37.4 Å². The summed E-state index contributed by atoms with van der Waals surface area (Å²) in [6.07, 6.45) is -0.504. The zero-order valence-corrected chi connectivity index (χ0v) is 12.2. The van der Waals surface area contributed by atoms with Crippen molar-refractivity contribution in [3.8, 4) is 17.2 Å². The van der Waals surface area contributed by atoms with Crippen LogP contribution in [0.5, 0.6) is 17.2 Å². The number of hydrogen-bond acceptors (Lipinski definition) is 4. The van der Waals surface area contributed by atoms with Crippen molar-refractivity contribution in [1.29, 1.82) is 0 Å². The average molecular weight is 307 g/mol. The molecule has 2 N–H and O–H groups in total. The maximum atomic E-state index is 10.3. The largest absolute Gasteiger partial charge is 0.506 e. The molecule has 5 heteroatoms. The van der Waals surface area contributed by atoms with Crippen LogP contribution in [0.2, 0.25) is 5.02 Å². The number of aliphatic hydroxyl groups excluding tert-OH is 1. The van der Waals surface area contributed by atoms with Gasteiger partial charge in [0.1, 0.15) is 23.4 Å². The van der Waals surface area contributed by atoms with Gasteiger partial charge in [0.05, 0.1) is 18.2 Å². The van der Waals surface area contributed by atoms with Gasteiger partial charge in [-0.15, -0.1) is 0 Å².